The Morgan fingerprint density at radius 3 is 2.28 bits per heavy atom. The molecule has 0 N–H and O–H groups in total. The van der Waals surface area contributed by atoms with Gasteiger partial charge in [-0.25, -0.2) is 0 Å². The molecular formula is C34H22BrN. The lowest BCUT2D eigenvalue weighted by molar-refractivity contribution is 0.967. The molecule has 0 amide bonds. The zero-order valence-corrected chi connectivity index (χ0v) is 21.2. The lowest BCUT2D eigenvalue weighted by atomic mass is 9.88. The number of aromatic nitrogens is 1. The summed E-state index contributed by atoms with van der Waals surface area (Å²) in [6.07, 6.45) is 13.7. The van der Waals surface area contributed by atoms with E-state index in [9.17, 15) is 0 Å². The molecule has 0 fully saturated rings. The minimum absolute atomic E-state index is 0.236. The van der Waals surface area contributed by atoms with Gasteiger partial charge < -0.3 is 0 Å². The fourth-order valence-corrected chi connectivity index (χ4v) is 6.47. The van der Waals surface area contributed by atoms with Gasteiger partial charge in [-0.15, -0.1) is 0 Å². The highest BCUT2D eigenvalue weighted by Crippen LogP contribution is 2.33. The Bertz CT molecular complexity index is 1920. The molecule has 1 aromatic heterocycles. The smallest absolute Gasteiger partial charge is 0.0787 e. The second kappa shape index (κ2) is 7.62. The Kier molecular flexibility index (Phi) is 4.33. The first-order valence-corrected chi connectivity index (χ1v) is 13.4. The molecule has 0 spiro atoms. The SMILES string of the molecule is Brc1ccc(-c2ccc(C3C=Cc4ccc5c(nc6c7c8c(ccc75)C=CC=8CC6)c4=C3)cc2)cc1. The summed E-state index contributed by atoms with van der Waals surface area (Å²) in [6.45, 7) is 0. The van der Waals surface area contributed by atoms with Crippen molar-refractivity contribution in [3.63, 3.8) is 0 Å². The molecular weight excluding hydrogens is 502 g/mol. The van der Waals surface area contributed by atoms with Crippen molar-refractivity contribution in [2.45, 2.75) is 18.8 Å². The maximum atomic E-state index is 5.33. The summed E-state index contributed by atoms with van der Waals surface area (Å²) in [5.74, 6) is 0.236. The number of hydrogen-bond acceptors (Lipinski definition) is 1. The van der Waals surface area contributed by atoms with Crippen molar-refractivity contribution >= 4 is 61.4 Å². The van der Waals surface area contributed by atoms with Crippen molar-refractivity contribution in [3.8, 4) is 11.1 Å². The van der Waals surface area contributed by atoms with Crippen molar-refractivity contribution in [3.05, 3.63) is 122 Å². The Morgan fingerprint density at radius 2 is 1.44 bits per heavy atom. The van der Waals surface area contributed by atoms with Crippen LogP contribution in [0.1, 0.15) is 34.7 Å². The number of hydrogen-bond donors (Lipinski definition) is 0. The van der Waals surface area contributed by atoms with E-state index >= 15 is 0 Å². The molecule has 0 saturated carbocycles. The van der Waals surface area contributed by atoms with E-state index in [0.717, 1.165) is 22.8 Å². The number of allylic oxidation sites excluding steroid dienone is 2. The molecule has 0 aliphatic heterocycles. The van der Waals surface area contributed by atoms with Crippen molar-refractivity contribution in [1.29, 1.82) is 0 Å². The van der Waals surface area contributed by atoms with Crippen molar-refractivity contribution in [2.75, 3.05) is 0 Å². The standard InChI is InChI=1S/C34H22BrN/c35-27-14-9-21(10-15-27)20-1-3-22(4-2-20)26-8-5-23-11-17-29-28-16-12-24-6-7-25-13-18-31(33(28)32(24)25)36-34(29)30(23)19-26/h1-12,14-17,19,26H,13,18H2. The quantitative estimate of drug-likeness (QED) is 0.218. The predicted molar refractivity (Wildman–Crippen MR) is 155 cm³/mol. The molecule has 3 aliphatic rings. The van der Waals surface area contributed by atoms with Crippen LogP contribution in [-0.4, -0.2) is 4.98 Å². The summed E-state index contributed by atoms with van der Waals surface area (Å²) in [6, 6.07) is 26.6. The molecule has 4 aromatic carbocycles. The van der Waals surface area contributed by atoms with E-state index in [1.54, 1.807) is 0 Å². The van der Waals surface area contributed by atoms with E-state index in [1.165, 1.54) is 65.7 Å². The van der Waals surface area contributed by atoms with Crippen LogP contribution >= 0.6 is 15.9 Å². The van der Waals surface area contributed by atoms with Crippen LogP contribution in [0.5, 0.6) is 0 Å². The van der Waals surface area contributed by atoms with Crippen molar-refractivity contribution in [2.24, 2.45) is 0 Å². The second-order valence-corrected chi connectivity index (χ2v) is 10.9. The van der Waals surface area contributed by atoms with Crippen LogP contribution in [0.4, 0.5) is 0 Å². The summed E-state index contributed by atoms with van der Waals surface area (Å²) in [4.78, 5) is 5.33. The Labute approximate surface area is 218 Å². The van der Waals surface area contributed by atoms with E-state index in [-0.39, 0.29) is 5.92 Å². The first-order chi connectivity index (χ1) is 17.7. The molecule has 3 aliphatic carbocycles. The minimum Gasteiger partial charge on any atom is -0.251 e. The van der Waals surface area contributed by atoms with Crippen LogP contribution in [0.25, 0.3) is 56.6 Å². The number of aryl methyl sites for hydroxylation is 1. The highest BCUT2D eigenvalue weighted by molar-refractivity contribution is 9.10. The van der Waals surface area contributed by atoms with Gasteiger partial charge in [-0.05, 0) is 69.0 Å². The maximum Gasteiger partial charge on any atom is 0.0787 e. The topological polar surface area (TPSA) is 12.9 Å². The molecule has 8 rings (SSSR count). The normalized spacial score (nSPS) is 17.0. The molecule has 0 radical (unpaired) electrons. The number of benzene rings is 4. The monoisotopic (exact) mass is 523 g/mol. The third-order valence-electron chi connectivity index (χ3n) is 8.03. The number of halogens is 1. The van der Waals surface area contributed by atoms with Gasteiger partial charge in [0.15, 0.2) is 0 Å². The first kappa shape index (κ1) is 20.4. The zero-order valence-electron chi connectivity index (χ0n) is 19.6. The van der Waals surface area contributed by atoms with E-state index in [2.05, 4.69) is 119 Å². The van der Waals surface area contributed by atoms with Gasteiger partial charge in [-0.2, -0.15) is 0 Å². The molecule has 1 atom stereocenters. The van der Waals surface area contributed by atoms with Crippen LogP contribution < -0.4 is 10.4 Å². The Morgan fingerprint density at radius 1 is 0.694 bits per heavy atom. The average Bonchev–Trinajstić information content (AvgIpc) is 3.36. The van der Waals surface area contributed by atoms with Gasteiger partial charge in [0.05, 0.1) is 5.52 Å². The van der Waals surface area contributed by atoms with Crippen molar-refractivity contribution < 1.29 is 0 Å². The van der Waals surface area contributed by atoms with Gasteiger partial charge >= 0.3 is 0 Å². The van der Waals surface area contributed by atoms with Crippen LogP contribution in [0, 0.1) is 0 Å². The predicted octanol–water partition coefficient (Wildman–Crippen LogP) is 7.53. The molecule has 0 saturated heterocycles. The maximum absolute atomic E-state index is 5.33. The second-order valence-electron chi connectivity index (χ2n) is 10.0. The highest BCUT2D eigenvalue weighted by Gasteiger charge is 2.21. The number of rotatable bonds is 2. The highest BCUT2D eigenvalue weighted by atomic mass is 79.9. The van der Waals surface area contributed by atoms with Crippen LogP contribution in [0.15, 0.2) is 89.4 Å². The fourth-order valence-electron chi connectivity index (χ4n) is 6.21. The van der Waals surface area contributed by atoms with Crippen LogP contribution in [-0.2, 0) is 6.42 Å². The number of fused-ring (bicyclic) bond motifs is 4. The van der Waals surface area contributed by atoms with Gasteiger partial charge in [0, 0.05) is 32.1 Å². The van der Waals surface area contributed by atoms with Gasteiger partial charge in [0.1, 0.15) is 0 Å². The van der Waals surface area contributed by atoms with E-state index in [4.69, 9.17) is 4.98 Å². The molecule has 36 heavy (non-hydrogen) atoms. The molecule has 170 valence electrons. The fraction of sp³-hybridized carbons (Fsp3) is 0.0882. The summed E-state index contributed by atoms with van der Waals surface area (Å²) < 4.78 is 1.10. The van der Waals surface area contributed by atoms with Crippen LogP contribution in [0.2, 0.25) is 0 Å². The van der Waals surface area contributed by atoms with E-state index in [0.29, 0.717) is 0 Å². The minimum atomic E-state index is 0.236. The summed E-state index contributed by atoms with van der Waals surface area (Å²) in [7, 11) is 0. The van der Waals surface area contributed by atoms with E-state index < -0.39 is 0 Å². The molecule has 5 aromatic rings. The summed E-state index contributed by atoms with van der Waals surface area (Å²) in [5, 5.41) is 6.67. The number of nitrogens with zero attached hydrogens (tertiary/aromatic N) is 1. The van der Waals surface area contributed by atoms with Gasteiger partial charge in [-0.1, -0.05) is 107 Å². The van der Waals surface area contributed by atoms with Gasteiger partial charge in [0.2, 0.25) is 0 Å². The summed E-state index contributed by atoms with van der Waals surface area (Å²) in [5.41, 5.74) is 10.3. The molecule has 0 bridgehead atoms. The third-order valence-corrected chi connectivity index (χ3v) is 8.56. The zero-order chi connectivity index (χ0) is 23.8. The molecule has 1 nitrogen and oxygen atoms in total. The summed E-state index contributed by atoms with van der Waals surface area (Å²) >= 11 is 3.53. The Hall–Kier alpha value is -3.75. The average molecular weight is 524 g/mol. The Balaban J connectivity index is 1.28. The number of pyridine rings is 1. The molecule has 1 unspecified atom stereocenters. The van der Waals surface area contributed by atoms with Crippen molar-refractivity contribution in [1.82, 2.24) is 4.98 Å². The molecule has 1 heterocycles. The first-order valence-electron chi connectivity index (χ1n) is 12.6. The third kappa shape index (κ3) is 2.98. The van der Waals surface area contributed by atoms with Gasteiger partial charge in [0.25, 0.3) is 0 Å². The lowest BCUT2D eigenvalue weighted by Gasteiger charge is -2.19. The van der Waals surface area contributed by atoms with Gasteiger partial charge in [-0.3, -0.25) is 4.98 Å². The molecule has 2 heteroatoms. The van der Waals surface area contributed by atoms with E-state index in [1.807, 2.05) is 0 Å². The lowest BCUT2D eigenvalue weighted by Crippen LogP contribution is -2.19. The van der Waals surface area contributed by atoms with Crippen LogP contribution in [0.3, 0.4) is 0 Å². The largest absolute Gasteiger partial charge is 0.251 e.